The summed E-state index contributed by atoms with van der Waals surface area (Å²) in [5.41, 5.74) is 0.750. The Balaban J connectivity index is 2.74. The zero-order valence-corrected chi connectivity index (χ0v) is 11.8. The van der Waals surface area contributed by atoms with Crippen molar-refractivity contribution >= 4 is 23.0 Å². The maximum atomic E-state index is 13.2. The van der Waals surface area contributed by atoms with Gasteiger partial charge < -0.3 is 15.0 Å². The molecule has 0 amide bonds. The number of nitrogens with one attached hydrogen (secondary N) is 1. The number of thiocarbonyl (C=S) groups is 1. The molecule has 1 unspecified atom stereocenters. The quantitative estimate of drug-likeness (QED) is 0.831. The summed E-state index contributed by atoms with van der Waals surface area (Å²) >= 11 is 5.33. The second-order valence-electron chi connectivity index (χ2n) is 4.03. The van der Waals surface area contributed by atoms with E-state index in [-0.39, 0.29) is 11.9 Å². The molecule has 0 spiro atoms. The van der Waals surface area contributed by atoms with Crippen molar-refractivity contribution in [1.82, 2.24) is 5.32 Å². The van der Waals surface area contributed by atoms with Gasteiger partial charge in [0, 0.05) is 25.4 Å². The van der Waals surface area contributed by atoms with Crippen LogP contribution in [0.3, 0.4) is 0 Å². The fourth-order valence-electron chi connectivity index (χ4n) is 1.67. The molecule has 0 heterocycles. The lowest BCUT2D eigenvalue weighted by Gasteiger charge is -2.26. The first-order chi connectivity index (χ1) is 8.58. The Hall–Kier alpha value is -1.20. The average Bonchev–Trinajstić information content (AvgIpc) is 2.30. The topological polar surface area (TPSA) is 24.5 Å². The van der Waals surface area contributed by atoms with Gasteiger partial charge in [-0.1, -0.05) is 6.07 Å². The third-order valence-corrected chi connectivity index (χ3v) is 2.81. The van der Waals surface area contributed by atoms with E-state index < -0.39 is 0 Å². The van der Waals surface area contributed by atoms with Crippen LogP contribution >= 0.6 is 12.2 Å². The smallest absolute Gasteiger partial charge is 0.173 e. The van der Waals surface area contributed by atoms with Crippen molar-refractivity contribution in [3.63, 3.8) is 0 Å². The lowest BCUT2D eigenvalue weighted by Crippen LogP contribution is -2.45. The van der Waals surface area contributed by atoms with Gasteiger partial charge in [0.15, 0.2) is 5.11 Å². The van der Waals surface area contributed by atoms with E-state index in [1.54, 1.807) is 13.2 Å². The summed E-state index contributed by atoms with van der Waals surface area (Å²) in [6, 6.07) is 6.51. The summed E-state index contributed by atoms with van der Waals surface area (Å²) < 4.78 is 18.2. The zero-order chi connectivity index (χ0) is 13.5. The molecule has 1 rings (SSSR count). The van der Waals surface area contributed by atoms with E-state index in [1.165, 1.54) is 12.1 Å². The van der Waals surface area contributed by atoms with Crippen LogP contribution < -0.4 is 10.2 Å². The Labute approximate surface area is 113 Å². The summed E-state index contributed by atoms with van der Waals surface area (Å²) in [6.45, 7) is 5.20. The minimum Gasteiger partial charge on any atom is -0.383 e. The highest BCUT2D eigenvalue weighted by Crippen LogP contribution is 2.15. The number of ether oxygens (including phenoxy) is 1. The Kier molecular flexibility index (Phi) is 6.01. The Morgan fingerprint density at radius 3 is 2.83 bits per heavy atom. The minimum absolute atomic E-state index is 0.116. The first-order valence-electron chi connectivity index (χ1n) is 5.91. The summed E-state index contributed by atoms with van der Waals surface area (Å²) in [7, 11) is 1.64. The number of benzene rings is 1. The van der Waals surface area contributed by atoms with Gasteiger partial charge in [-0.3, -0.25) is 0 Å². The monoisotopic (exact) mass is 270 g/mol. The molecule has 0 aromatic heterocycles. The molecule has 0 fully saturated rings. The molecule has 0 aliphatic heterocycles. The second-order valence-corrected chi connectivity index (χ2v) is 4.42. The molecule has 3 nitrogen and oxygen atoms in total. The fraction of sp³-hybridized carbons (Fsp3) is 0.462. The van der Waals surface area contributed by atoms with Crippen LogP contribution in [-0.2, 0) is 4.74 Å². The van der Waals surface area contributed by atoms with Crippen LogP contribution in [0.1, 0.15) is 13.8 Å². The largest absolute Gasteiger partial charge is 0.383 e. The third-order valence-electron chi connectivity index (χ3n) is 2.47. The average molecular weight is 270 g/mol. The molecule has 0 saturated heterocycles. The maximum Gasteiger partial charge on any atom is 0.173 e. The lowest BCUT2D eigenvalue weighted by atomic mass is 10.3. The number of anilines is 1. The van der Waals surface area contributed by atoms with Crippen LogP contribution in [0, 0.1) is 5.82 Å². The normalized spacial score (nSPS) is 12.0. The van der Waals surface area contributed by atoms with Gasteiger partial charge in [-0.05, 0) is 44.3 Å². The summed E-state index contributed by atoms with van der Waals surface area (Å²) in [5, 5.41) is 3.74. The lowest BCUT2D eigenvalue weighted by molar-refractivity contribution is 0.179. The Morgan fingerprint density at radius 2 is 2.28 bits per heavy atom. The van der Waals surface area contributed by atoms with Crippen molar-refractivity contribution < 1.29 is 9.13 Å². The molecule has 0 bridgehead atoms. The molecular weight excluding hydrogens is 251 g/mol. The van der Waals surface area contributed by atoms with E-state index in [9.17, 15) is 4.39 Å². The molecule has 0 aliphatic carbocycles. The zero-order valence-electron chi connectivity index (χ0n) is 10.9. The van der Waals surface area contributed by atoms with Crippen molar-refractivity contribution in [3.8, 4) is 0 Å². The number of halogens is 1. The minimum atomic E-state index is -0.265. The molecule has 0 aliphatic rings. The number of nitrogens with zero attached hydrogens (tertiary/aromatic N) is 1. The first-order valence-corrected chi connectivity index (χ1v) is 6.31. The van der Waals surface area contributed by atoms with Crippen molar-refractivity contribution in [2.75, 3.05) is 25.2 Å². The van der Waals surface area contributed by atoms with E-state index in [0.717, 1.165) is 5.69 Å². The van der Waals surface area contributed by atoms with E-state index >= 15 is 0 Å². The molecule has 100 valence electrons. The fourth-order valence-corrected chi connectivity index (χ4v) is 2.10. The van der Waals surface area contributed by atoms with Crippen molar-refractivity contribution in [2.24, 2.45) is 0 Å². The van der Waals surface area contributed by atoms with E-state index in [2.05, 4.69) is 5.32 Å². The molecule has 1 atom stereocenters. The van der Waals surface area contributed by atoms with Gasteiger partial charge >= 0.3 is 0 Å². The molecule has 1 aromatic carbocycles. The van der Waals surface area contributed by atoms with E-state index in [0.29, 0.717) is 18.3 Å². The van der Waals surface area contributed by atoms with Gasteiger partial charge in [-0.15, -0.1) is 0 Å². The molecular formula is C13H19FN2OS. The second kappa shape index (κ2) is 7.28. The number of rotatable bonds is 5. The van der Waals surface area contributed by atoms with E-state index in [4.69, 9.17) is 17.0 Å². The SMILES string of the molecule is CCN(C(=S)NC(C)COC)c1cccc(F)c1. The third kappa shape index (κ3) is 4.23. The van der Waals surface area contributed by atoms with Crippen LogP contribution in [0.25, 0.3) is 0 Å². The maximum absolute atomic E-state index is 13.2. The molecule has 18 heavy (non-hydrogen) atoms. The van der Waals surface area contributed by atoms with Crippen LogP contribution in [0.4, 0.5) is 10.1 Å². The molecule has 0 radical (unpaired) electrons. The van der Waals surface area contributed by atoms with Crippen LogP contribution in [-0.4, -0.2) is 31.4 Å². The van der Waals surface area contributed by atoms with E-state index in [1.807, 2.05) is 24.8 Å². The van der Waals surface area contributed by atoms with Crippen molar-refractivity contribution in [3.05, 3.63) is 30.1 Å². The van der Waals surface area contributed by atoms with Crippen LogP contribution in [0.15, 0.2) is 24.3 Å². The molecule has 1 aromatic rings. The molecule has 1 N–H and O–H groups in total. The predicted octanol–water partition coefficient (Wildman–Crippen LogP) is 2.56. The molecule has 0 saturated carbocycles. The van der Waals surface area contributed by atoms with Gasteiger partial charge in [-0.2, -0.15) is 0 Å². The van der Waals surface area contributed by atoms with Crippen LogP contribution in [0.5, 0.6) is 0 Å². The highest BCUT2D eigenvalue weighted by molar-refractivity contribution is 7.80. The van der Waals surface area contributed by atoms with Crippen molar-refractivity contribution in [2.45, 2.75) is 19.9 Å². The van der Waals surface area contributed by atoms with Gasteiger partial charge in [0.25, 0.3) is 0 Å². The Bertz CT molecular complexity index is 400. The van der Waals surface area contributed by atoms with Crippen LogP contribution in [0.2, 0.25) is 0 Å². The summed E-state index contributed by atoms with van der Waals surface area (Å²) in [4.78, 5) is 1.85. The van der Waals surface area contributed by atoms with Gasteiger partial charge in [0.1, 0.15) is 5.82 Å². The number of methoxy groups -OCH3 is 1. The van der Waals surface area contributed by atoms with Gasteiger partial charge in [0.05, 0.1) is 6.61 Å². The standard InChI is InChI=1S/C13H19FN2OS/c1-4-16(12-7-5-6-11(14)8-12)13(18)15-10(2)9-17-3/h5-8,10H,4,9H2,1-3H3,(H,15,18). The summed E-state index contributed by atoms with van der Waals surface area (Å²) in [6.07, 6.45) is 0. The van der Waals surface area contributed by atoms with Crippen molar-refractivity contribution in [1.29, 1.82) is 0 Å². The van der Waals surface area contributed by atoms with Gasteiger partial charge in [0.2, 0.25) is 0 Å². The first kappa shape index (κ1) is 14.9. The van der Waals surface area contributed by atoms with Gasteiger partial charge in [-0.25, -0.2) is 4.39 Å². The highest BCUT2D eigenvalue weighted by Gasteiger charge is 2.12. The summed E-state index contributed by atoms with van der Waals surface area (Å²) in [5.74, 6) is -0.265. The number of hydrogen-bond donors (Lipinski definition) is 1. The highest BCUT2D eigenvalue weighted by atomic mass is 32.1. The molecule has 5 heteroatoms. The Morgan fingerprint density at radius 1 is 1.56 bits per heavy atom. The number of hydrogen-bond acceptors (Lipinski definition) is 2. The predicted molar refractivity (Wildman–Crippen MR) is 76.5 cm³/mol.